The zero-order valence-electron chi connectivity index (χ0n) is 9.17. The Hall–Kier alpha value is -0.880. The van der Waals surface area contributed by atoms with Crippen molar-refractivity contribution in [3.8, 4) is 11.3 Å². The van der Waals surface area contributed by atoms with Crippen molar-refractivity contribution in [2.75, 3.05) is 6.26 Å². The number of rotatable bonds is 2. The average molecular weight is 319 g/mol. The fourth-order valence-corrected chi connectivity index (χ4v) is 3.17. The lowest BCUT2D eigenvalue weighted by atomic mass is 10.1. The summed E-state index contributed by atoms with van der Waals surface area (Å²) in [6.45, 7) is 0. The van der Waals surface area contributed by atoms with E-state index in [-0.39, 0.29) is 5.56 Å². The van der Waals surface area contributed by atoms with Crippen molar-refractivity contribution in [3.05, 3.63) is 34.3 Å². The van der Waals surface area contributed by atoms with Crippen LogP contribution in [0.15, 0.2) is 27.7 Å². The number of hydrogen-bond acceptors (Lipinski definition) is 2. The Morgan fingerprint density at radius 3 is 2.59 bits per heavy atom. The minimum absolute atomic E-state index is 0.286. The highest BCUT2D eigenvalue weighted by molar-refractivity contribution is 9.10. The zero-order chi connectivity index (χ0) is 12.6. The normalized spacial score (nSPS) is 10.9. The van der Waals surface area contributed by atoms with Crippen LogP contribution < -0.4 is 0 Å². The molecule has 2 aromatic rings. The Bertz CT molecular complexity index is 569. The van der Waals surface area contributed by atoms with Gasteiger partial charge in [-0.05, 0) is 34.3 Å². The maximum Gasteiger partial charge on any atom is 0.135 e. The predicted octanol–water partition coefficient (Wildman–Crippen LogP) is 3.85. The molecular weight excluding hydrogens is 310 g/mol. The first kappa shape index (κ1) is 12.6. The van der Waals surface area contributed by atoms with E-state index < -0.39 is 11.6 Å². The van der Waals surface area contributed by atoms with Gasteiger partial charge in [-0.1, -0.05) is 0 Å². The second kappa shape index (κ2) is 4.78. The quantitative estimate of drug-likeness (QED) is 0.783. The third-order valence-corrected chi connectivity index (χ3v) is 4.19. The maximum atomic E-state index is 13.6. The molecule has 0 aliphatic heterocycles. The van der Waals surface area contributed by atoms with Gasteiger partial charge in [-0.3, -0.25) is 4.68 Å². The minimum Gasteiger partial charge on any atom is -0.260 e. The van der Waals surface area contributed by atoms with Crippen LogP contribution in [0.5, 0.6) is 0 Å². The molecule has 1 heterocycles. The van der Waals surface area contributed by atoms with E-state index in [0.717, 1.165) is 15.6 Å². The number of aromatic nitrogens is 2. The lowest BCUT2D eigenvalue weighted by Crippen LogP contribution is -1.92. The molecular formula is C11H9BrF2N2S. The summed E-state index contributed by atoms with van der Waals surface area (Å²) < 4.78 is 28.9. The first-order valence-electron chi connectivity index (χ1n) is 4.76. The van der Waals surface area contributed by atoms with Gasteiger partial charge in [0.1, 0.15) is 22.4 Å². The number of aryl methyl sites for hydroxylation is 1. The molecule has 0 spiro atoms. The van der Waals surface area contributed by atoms with Crippen LogP contribution in [0.3, 0.4) is 0 Å². The van der Waals surface area contributed by atoms with Gasteiger partial charge in [-0.15, -0.1) is 11.8 Å². The maximum absolute atomic E-state index is 13.6. The van der Waals surface area contributed by atoms with Gasteiger partial charge < -0.3 is 0 Å². The van der Waals surface area contributed by atoms with E-state index >= 15 is 0 Å². The Balaban J connectivity index is 2.61. The van der Waals surface area contributed by atoms with Crippen LogP contribution >= 0.6 is 27.7 Å². The average Bonchev–Trinajstić information content (AvgIpc) is 2.54. The molecule has 0 saturated carbocycles. The monoisotopic (exact) mass is 318 g/mol. The third kappa shape index (κ3) is 2.24. The molecule has 0 fully saturated rings. The molecule has 0 bridgehead atoms. The number of benzene rings is 1. The molecule has 0 atom stereocenters. The van der Waals surface area contributed by atoms with Crippen molar-refractivity contribution < 1.29 is 8.78 Å². The Kier molecular flexibility index (Phi) is 3.53. The molecule has 2 rings (SSSR count). The standard InChI is InChI=1S/C11H9BrF2N2S/c1-16-11(17-2)9(12)10(15-16)7-4-3-6(13)5-8(7)14/h3-5H,1-2H3. The van der Waals surface area contributed by atoms with Crippen molar-refractivity contribution in [2.24, 2.45) is 7.05 Å². The Morgan fingerprint density at radius 2 is 2.06 bits per heavy atom. The Labute approximate surface area is 110 Å². The highest BCUT2D eigenvalue weighted by atomic mass is 79.9. The number of hydrogen-bond donors (Lipinski definition) is 0. The molecule has 17 heavy (non-hydrogen) atoms. The van der Waals surface area contributed by atoms with E-state index in [4.69, 9.17) is 0 Å². The number of thioether (sulfide) groups is 1. The molecule has 0 unspecified atom stereocenters. The lowest BCUT2D eigenvalue weighted by Gasteiger charge is -2.00. The van der Waals surface area contributed by atoms with E-state index in [1.54, 1.807) is 11.7 Å². The van der Waals surface area contributed by atoms with E-state index in [2.05, 4.69) is 21.0 Å². The molecule has 0 radical (unpaired) electrons. The van der Waals surface area contributed by atoms with Crippen LogP contribution in [0, 0.1) is 11.6 Å². The summed E-state index contributed by atoms with van der Waals surface area (Å²) >= 11 is 4.89. The molecule has 0 N–H and O–H groups in total. The van der Waals surface area contributed by atoms with Crippen molar-refractivity contribution in [1.29, 1.82) is 0 Å². The summed E-state index contributed by atoms with van der Waals surface area (Å²) in [5.74, 6) is -1.21. The summed E-state index contributed by atoms with van der Waals surface area (Å²) in [4.78, 5) is 0. The van der Waals surface area contributed by atoms with Gasteiger partial charge in [-0.2, -0.15) is 5.10 Å². The Morgan fingerprint density at radius 1 is 1.35 bits per heavy atom. The van der Waals surface area contributed by atoms with Crippen LogP contribution in [0.2, 0.25) is 0 Å². The molecule has 1 aromatic carbocycles. The molecule has 0 amide bonds. The van der Waals surface area contributed by atoms with Gasteiger partial charge in [-0.25, -0.2) is 8.78 Å². The summed E-state index contributed by atoms with van der Waals surface area (Å²) in [5, 5.41) is 5.12. The SMILES string of the molecule is CSc1c(Br)c(-c2ccc(F)cc2F)nn1C. The van der Waals surface area contributed by atoms with Crippen LogP contribution in [-0.4, -0.2) is 16.0 Å². The van der Waals surface area contributed by atoms with Gasteiger partial charge in [0.2, 0.25) is 0 Å². The third-order valence-electron chi connectivity index (χ3n) is 2.32. The van der Waals surface area contributed by atoms with Gasteiger partial charge in [0.05, 0.1) is 4.47 Å². The molecule has 0 aliphatic rings. The fourth-order valence-electron chi connectivity index (χ4n) is 1.56. The van der Waals surface area contributed by atoms with E-state index in [1.807, 2.05) is 6.26 Å². The summed E-state index contributed by atoms with van der Waals surface area (Å²) in [6.07, 6.45) is 1.91. The van der Waals surface area contributed by atoms with Crippen molar-refractivity contribution in [1.82, 2.24) is 9.78 Å². The van der Waals surface area contributed by atoms with Crippen LogP contribution in [0.1, 0.15) is 0 Å². The van der Waals surface area contributed by atoms with Crippen LogP contribution in [-0.2, 0) is 7.05 Å². The zero-order valence-corrected chi connectivity index (χ0v) is 11.6. The lowest BCUT2D eigenvalue weighted by molar-refractivity contribution is 0.585. The first-order valence-corrected chi connectivity index (χ1v) is 6.78. The van der Waals surface area contributed by atoms with Gasteiger partial charge in [0.15, 0.2) is 0 Å². The van der Waals surface area contributed by atoms with Crippen molar-refractivity contribution in [3.63, 3.8) is 0 Å². The largest absolute Gasteiger partial charge is 0.260 e. The number of halogens is 3. The van der Waals surface area contributed by atoms with Crippen molar-refractivity contribution in [2.45, 2.75) is 5.03 Å². The van der Waals surface area contributed by atoms with Crippen LogP contribution in [0.25, 0.3) is 11.3 Å². The summed E-state index contributed by atoms with van der Waals surface area (Å²) in [6, 6.07) is 3.47. The molecule has 0 aliphatic carbocycles. The highest BCUT2D eigenvalue weighted by Gasteiger charge is 2.17. The minimum atomic E-state index is -0.614. The van der Waals surface area contributed by atoms with E-state index in [0.29, 0.717) is 5.69 Å². The smallest absolute Gasteiger partial charge is 0.135 e. The molecule has 6 heteroatoms. The van der Waals surface area contributed by atoms with E-state index in [1.165, 1.54) is 23.9 Å². The summed E-state index contributed by atoms with van der Waals surface area (Å²) in [5.41, 5.74) is 0.767. The predicted molar refractivity (Wildman–Crippen MR) is 68.0 cm³/mol. The van der Waals surface area contributed by atoms with Crippen LogP contribution in [0.4, 0.5) is 8.78 Å². The second-order valence-corrected chi connectivity index (χ2v) is 5.01. The molecule has 1 aromatic heterocycles. The highest BCUT2D eigenvalue weighted by Crippen LogP contribution is 2.35. The summed E-state index contributed by atoms with van der Waals surface area (Å²) in [7, 11) is 1.78. The van der Waals surface area contributed by atoms with Gasteiger partial charge in [0, 0.05) is 18.7 Å². The molecule has 90 valence electrons. The van der Waals surface area contributed by atoms with E-state index in [9.17, 15) is 8.78 Å². The second-order valence-electron chi connectivity index (χ2n) is 3.42. The first-order chi connectivity index (χ1) is 8.04. The van der Waals surface area contributed by atoms with Gasteiger partial charge >= 0.3 is 0 Å². The number of nitrogens with zero attached hydrogens (tertiary/aromatic N) is 2. The molecule has 0 saturated heterocycles. The van der Waals surface area contributed by atoms with Gasteiger partial charge in [0.25, 0.3) is 0 Å². The fraction of sp³-hybridized carbons (Fsp3) is 0.182. The topological polar surface area (TPSA) is 17.8 Å². The van der Waals surface area contributed by atoms with Crippen molar-refractivity contribution >= 4 is 27.7 Å². The molecule has 2 nitrogen and oxygen atoms in total.